The highest BCUT2D eigenvalue weighted by Crippen LogP contribution is 2.31. The van der Waals surface area contributed by atoms with Crippen molar-refractivity contribution < 1.29 is 4.79 Å². The van der Waals surface area contributed by atoms with Gasteiger partial charge in [0.25, 0.3) is 0 Å². The van der Waals surface area contributed by atoms with Crippen molar-refractivity contribution in [1.82, 2.24) is 19.8 Å². The molecule has 0 atom stereocenters. The molecule has 1 aliphatic carbocycles. The maximum Gasteiger partial charge on any atom is 0.232 e. The minimum atomic E-state index is 0.0906. The summed E-state index contributed by atoms with van der Waals surface area (Å²) in [7, 11) is 0. The Morgan fingerprint density at radius 1 is 1.00 bits per heavy atom. The fourth-order valence-corrected chi connectivity index (χ4v) is 5.34. The highest BCUT2D eigenvalue weighted by atomic mass is 16.2. The van der Waals surface area contributed by atoms with Crippen LogP contribution in [-0.2, 0) is 11.2 Å². The largest absolute Gasteiger partial charge is 0.383 e. The van der Waals surface area contributed by atoms with Gasteiger partial charge in [-0.25, -0.2) is 0 Å². The van der Waals surface area contributed by atoms with Crippen molar-refractivity contribution in [3.05, 3.63) is 5.56 Å². The zero-order valence-electron chi connectivity index (χ0n) is 19.8. The van der Waals surface area contributed by atoms with Crippen LogP contribution in [0.5, 0.6) is 0 Å². The first-order valence-corrected chi connectivity index (χ1v) is 12.8. The van der Waals surface area contributed by atoms with Gasteiger partial charge in [-0.2, -0.15) is 9.97 Å². The van der Waals surface area contributed by atoms with E-state index in [0.29, 0.717) is 30.5 Å². The first-order valence-electron chi connectivity index (χ1n) is 12.8. The van der Waals surface area contributed by atoms with Crippen molar-refractivity contribution >= 4 is 23.5 Å². The number of hydrogen-bond acceptors (Lipinski definition) is 7. The molecule has 1 amide bonds. The number of rotatable bonds is 10. The standard InChI is InChI=1S/C24H41N7O/c1-2-3-11-26-24-27-22(25)20-18-21(32)31(23(20)28-24)13-8-7-12-29-14-16-30(17-15-29)19-9-5-4-6-10-19/h19H,2-18H2,1H3,(H3,25,26,27,28). The summed E-state index contributed by atoms with van der Waals surface area (Å²) in [4.78, 5) is 28.7. The molecule has 3 heterocycles. The van der Waals surface area contributed by atoms with Gasteiger partial charge in [0.1, 0.15) is 11.6 Å². The number of amides is 1. The molecule has 0 bridgehead atoms. The van der Waals surface area contributed by atoms with E-state index in [9.17, 15) is 4.79 Å². The number of nitrogens with two attached hydrogens (primary N) is 1. The van der Waals surface area contributed by atoms with Gasteiger partial charge in [0.15, 0.2) is 0 Å². The topological polar surface area (TPSA) is 90.6 Å². The van der Waals surface area contributed by atoms with E-state index in [4.69, 9.17) is 5.73 Å². The van der Waals surface area contributed by atoms with E-state index in [1.54, 1.807) is 0 Å². The third kappa shape index (κ3) is 5.70. The molecule has 1 saturated carbocycles. The summed E-state index contributed by atoms with van der Waals surface area (Å²) in [5, 5.41) is 3.24. The number of nitrogens with zero attached hydrogens (tertiary/aromatic N) is 5. The zero-order valence-corrected chi connectivity index (χ0v) is 19.8. The Morgan fingerprint density at radius 3 is 2.50 bits per heavy atom. The van der Waals surface area contributed by atoms with Crippen LogP contribution >= 0.6 is 0 Å². The molecular weight excluding hydrogens is 402 g/mol. The Bertz CT molecular complexity index is 757. The average molecular weight is 444 g/mol. The number of carbonyl (C=O) groups excluding carboxylic acids is 1. The van der Waals surface area contributed by atoms with Crippen LogP contribution in [0.25, 0.3) is 0 Å². The van der Waals surface area contributed by atoms with Gasteiger partial charge in [-0.15, -0.1) is 0 Å². The van der Waals surface area contributed by atoms with Crippen molar-refractivity contribution in [3.8, 4) is 0 Å². The lowest BCUT2D eigenvalue weighted by Gasteiger charge is -2.40. The van der Waals surface area contributed by atoms with Gasteiger partial charge in [-0.3, -0.25) is 14.6 Å². The molecule has 2 aliphatic heterocycles. The molecule has 4 rings (SSSR count). The normalized spacial score (nSPS) is 20.7. The number of aromatic nitrogens is 2. The molecule has 3 aliphatic rings. The number of piperazine rings is 1. The van der Waals surface area contributed by atoms with Crippen LogP contribution in [0.1, 0.15) is 70.3 Å². The summed E-state index contributed by atoms with van der Waals surface area (Å²) >= 11 is 0. The molecule has 3 N–H and O–H groups in total. The van der Waals surface area contributed by atoms with Crippen molar-refractivity contribution in [2.24, 2.45) is 0 Å². The summed E-state index contributed by atoms with van der Waals surface area (Å²) in [6.45, 7) is 9.57. The van der Waals surface area contributed by atoms with E-state index in [0.717, 1.165) is 50.4 Å². The Hall–Kier alpha value is -1.93. The highest BCUT2D eigenvalue weighted by molar-refractivity contribution is 6.01. The Labute approximate surface area is 192 Å². The van der Waals surface area contributed by atoms with Gasteiger partial charge in [-0.1, -0.05) is 32.6 Å². The predicted octanol–water partition coefficient (Wildman–Crippen LogP) is 2.89. The third-order valence-corrected chi connectivity index (χ3v) is 7.32. The molecule has 1 aromatic heterocycles. The lowest BCUT2D eigenvalue weighted by molar-refractivity contribution is -0.117. The summed E-state index contributed by atoms with van der Waals surface area (Å²) in [6.07, 6.45) is 11.6. The molecule has 8 heteroatoms. The average Bonchev–Trinajstić information content (AvgIpc) is 3.14. The van der Waals surface area contributed by atoms with Crippen molar-refractivity contribution in [1.29, 1.82) is 0 Å². The van der Waals surface area contributed by atoms with Crippen LogP contribution in [0.3, 0.4) is 0 Å². The summed E-state index contributed by atoms with van der Waals surface area (Å²) in [6, 6.07) is 0.836. The van der Waals surface area contributed by atoms with Crippen LogP contribution in [0.15, 0.2) is 0 Å². The molecule has 1 aromatic rings. The van der Waals surface area contributed by atoms with E-state index in [1.807, 2.05) is 4.90 Å². The van der Waals surface area contributed by atoms with Crippen LogP contribution in [0.2, 0.25) is 0 Å². The van der Waals surface area contributed by atoms with Crippen molar-refractivity contribution in [2.45, 2.75) is 77.2 Å². The lowest BCUT2D eigenvalue weighted by atomic mass is 9.94. The van der Waals surface area contributed by atoms with Crippen molar-refractivity contribution in [2.75, 3.05) is 61.8 Å². The Morgan fingerprint density at radius 2 is 1.75 bits per heavy atom. The zero-order chi connectivity index (χ0) is 22.3. The van der Waals surface area contributed by atoms with Crippen molar-refractivity contribution in [3.63, 3.8) is 0 Å². The van der Waals surface area contributed by atoms with E-state index in [2.05, 4.69) is 32.0 Å². The van der Waals surface area contributed by atoms with Gasteiger partial charge in [-0.05, 0) is 38.6 Å². The second-order valence-electron chi connectivity index (χ2n) is 9.61. The summed E-state index contributed by atoms with van der Waals surface area (Å²) < 4.78 is 0. The molecule has 8 nitrogen and oxygen atoms in total. The molecule has 0 unspecified atom stereocenters. The summed E-state index contributed by atoms with van der Waals surface area (Å²) in [5.41, 5.74) is 6.93. The van der Waals surface area contributed by atoms with Crippen LogP contribution in [0, 0.1) is 0 Å². The van der Waals surface area contributed by atoms with Gasteiger partial charge < -0.3 is 16.0 Å². The SMILES string of the molecule is CCCCNc1nc(N)c2c(n1)N(CCCCN1CCN(C3CCCCC3)CC1)C(=O)C2. The van der Waals surface area contributed by atoms with Crippen LogP contribution in [-0.4, -0.2) is 77.5 Å². The number of carbonyl (C=O) groups is 1. The third-order valence-electron chi connectivity index (χ3n) is 7.32. The first kappa shape index (κ1) is 23.2. The van der Waals surface area contributed by atoms with Gasteiger partial charge in [0, 0.05) is 50.9 Å². The second kappa shape index (κ2) is 11.3. The molecule has 0 radical (unpaired) electrons. The van der Waals surface area contributed by atoms with E-state index in [1.165, 1.54) is 58.3 Å². The lowest BCUT2D eigenvalue weighted by Crippen LogP contribution is -2.50. The first-order chi connectivity index (χ1) is 15.7. The molecule has 1 saturated heterocycles. The van der Waals surface area contributed by atoms with Crippen LogP contribution in [0.4, 0.5) is 17.6 Å². The Balaban J connectivity index is 1.21. The molecule has 0 aromatic carbocycles. The minimum absolute atomic E-state index is 0.0906. The number of fused-ring (bicyclic) bond motifs is 1. The summed E-state index contributed by atoms with van der Waals surface area (Å²) in [5.74, 6) is 1.77. The molecular formula is C24H41N7O. The van der Waals surface area contributed by atoms with Gasteiger partial charge in [0.2, 0.25) is 11.9 Å². The maximum atomic E-state index is 12.6. The number of unbranched alkanes of at least 4 members (excludes halogenated alkanes) is 2. The molecule has 178 valence electrons. The second-order valence-corrected chi connectivity index (χ2v) is 9.61. The highest BCUT2D eigenvalue weighted by Gasteiger charge is 2.31. The number of hydrogen-bond donors (Lipinski definition) is 2. The minimum Gasteiger partial charge on any atom is -0.383 e. The number of anilines is 3. The number of nitrogen functional groups attached to an aromatic ring is 1. The smallest absolute Gasteiger partial charge is 0.232 e. The maximum absolute atomic E-state index is 12.6. The fraction of sp³-hybridized carbons (Fsp3) is 0.792. The predicted molar refractivity (Wildman–Crippen MR) is 130 cm³/mol. The van der Waals surface area contributed by atoms with Gasteiger partial charge >= 0.3 is 0 Å². The monoisotopic (exact) mass is 443 g/mol. The quantitative estimate of drug-likeness (QED) is 0.537. The molecule has 0 spiro atoms. The van der Waals surface area contributed by atoms with Gasteiger partial charge in [0.05, 0.1) is 6.42 Å². The Kier molecular flexibility index (Phi) is 8.19. The molecule has 32 heavy (non-hydrogen) atoms. The van der Waals surface area contributed by atoms with E-state index in [-0.39, 0.29) is 5.91 Å². The van der Waals surface area contributed by atoms with E-state index >= 15 is 0 Å². The van der Waals surface area contributed by atoms with E-state index < -0.39 is 0 Å². The molecule has 2 fully saturated rings. The number of nitrogens with one attached hydrogen (secondary N) is 1. The fourth-order valence-electron chi connectivity index (χ4n) is 5.34. The van der Waals surface area contributed by atoms with Crippen LogP contribution < -0.4 is 16.0 Å².